The molecule has 0 aliphatic carbocycles. The van der Waals surface area contributed by atoms with Crippen molar-refractivity contribution < 1.29 is 19.1 Å². The minimum atomic E-state index is 0.0470. The summed E-state index contributed by atoms with van der Waals surface area (Å²) in [5, 5.41) is 9.43. The van der Waals surface area contributed by atoms with Crippen molar-refractivity contribution in [2.75, 3.05) is 6.61 Å². The summed E-state index contributed by atoms with van der Waals surface area (Å²) in [7, 11) is 0. The Hall–Kier alpha value is -4.90. The van der Waals surface area contributed by atoms with Crippen LogP contribution < -0.4 is 4.74 Å². The molecule has 0 bridgehead atoms. The van der Waals surface area contributed by atoms with Gasteiger partial charge in [0.1, 0.15) is 11.5 Å². The first-order valence-corrected chi connectivity index (χ1v) is 14.1. The summed E-state index contributed by atoms with van der Waals surface area (Å²) in [6.07, 6.45) is 1.45. The molecule has 0 saturated carbocycles. The van der Waals surface area contributed by atoms with Crippen LogP contribution in [0.25, 0.3) is 11.5 Å². The number of rotatable bonds is 10. The molecule has 5 heteroatoms. The van der Waals surface area contributed by atoms with Gasteiger partial charge in [0.25, 0.3) is 0 Å². The molecule has 5 nitrogen and oxygen atoms in total. The maximum Gasteiger partial charge on any atom is 0.226 e. The van der Waals surface area contributed by atoms with Crippen molar-refractivity contribution in [3.63, 3.8) is 0 Å². The van der Waals surface area contributed by atoms with Crippen LogP contribution in [0.1, 0.15) is 45.4 Å². The summed E-state index contributed by atoms with van der Waals surface area (Å²) in [5.74, 6) is 2.64. The van der Waals surface area contributed by atoms with Gasteiger partial charge in [0, 0.05) is 29.0 Å². The standard InChI is InChI=1S/C23H25NO3.C14H12O/c1-16(17(2)25)15-19-9-11-21(12-10-19)26-14-13-22-18(3)27-23(24-22)20-7-5-4-6-8-20;1-11-7-5-6-10-13(11)14(15)12-8-3-2-4-9-12/h4-12,16,25H,2,13-15H2,1,3H3;2-10H,1H3. The van der Waals surface area contributed by atoms with Gasteiger partial charge in [-0.1, -0.05) is 98.4 Å². The van der Waals surface area contributed by atoms with Gasteiger partial charge in [-0.2, -0.15) is 0 Å². The number of hydrogen-bond acceptors (Lipinski definition) is 5. The monoisotopic (exact) mass is 559 g/mol. The highest BCUT2D eigenvalue weighted by Crippen LogP contribution is 2.22. The van der Waals surface area contributed by atoms with Gasteiger partial charge in [0.05, 0.1) is 18.1 Å². The number of aryl methyl sites for hydroxylation is 2. The van der Waals surface area contributed by atoms with Crippen LogP contribution in [0.3, 0.4) is 0 Å². The first kappa shape index (κ1) is 30.1. The van der Waals surface area contributed by atoms with Crippen LogP contribution in [0.5, 0.6) is 5.75 Å². The SMILES string of the molecule is C=C(O)C(C)Cc1ccc(OCCc2nc(-c3ccccc3)oc2C)cc1.Cc1ccccc1C(=O)c1ccccc1. The van der Waals surface area contributed by atoms with E-state index in [2.05, 4.69) is 11.6 Å². The fraction of sp³-hybridized carbons (Fsp3) is 0.189. The van der Waals surface area contributed by atoms with Gasteiger partial charge in [-0.15, -0.1) is 0 Å². The molecular formula is C37H37NO4. The molecule has 1 atom stereocenters. The van der Waals surface area contributed by atoms with Gasteiger partial charge >= 0.3 is 0 Å². The second kappa shape index (κ2) is 14.6. The third kappa shape index (κ3) is 8.31. The summed E-state index contributed by atoms with van der Waals surface area (Å²) in [6, 6.07) is 34.8. The van der Waals surface area contributed by atoms with Crippen LogP contribution in [-0.2, 0) is 12.8 Å². The maximum absolute atomic E-state index is 12.1. The lowest BCUT2D eigenvalue weighted by molar-refractivity contribution is 0.103. The van der Waals surface area contributed by atoms with Crippen molar-refractivity contribution in [1.29, 1.82) is 0 Å². The van der Waals surface area contributed by atoms with Gasteiger partial charge in [0.2, 0.25) is 5.89 Å². The first-order valence-electron chi connectivity index (χ1n) is 14.1. The quantitative estimate of drug-likeness (QED) is 0.137. The number of hydrogen-bond donors (Lipinski definition) is 1. The normalized spacial score (nSPS) is 11.2. The van der Waals surface area contributed by atoms with E-state index in [-0.39, 0.29) is 17.5 Å². The highest BCUT2D eigenvalue weighted by Gasteiger charge is 2.12. The summed E-state index contributed by atoms with van der Waals surface area (Å²) in [5.41, 5.74) is 5.58. The van der Waals surface area contributed by atoms with Gasteiger partial charge in [0.15, 0.2) is 5.78 Å². The molecule has 4 aromatic carbocycles. The minimum Gasteiger partial charge on any atom is -0.513 e. The van der Waals surface area contributed by atoms with Crippen molar-refractivity contribution in [3.8, 4) is 17.2 Å². The zero-order valence-corrected chi connectivity index (χ0v) is 24.4. The summed E-state index contributed by atoms with van der Waals surface area (Å²) in [4.78, 5) is 16.7. The molecular weight excluding hydrogens is 522 g/mol. The van der Waals surface area contributed by atoms with E-state index in [4.69, 9.17) is 9.15 Å². The predicted molar refractivity (Wildman–Crippen MR) is 168 cm³/mol. The molecule has 5 aromatic rings. The molecule has 214 valence electrons. The molecule has 0 aliphatic heterocycles. The van der Waals surface area contributed by atoms with Crippen molar-refractivity contribution in [2.45, 2.75) is 33.6 Å². The Balaban J connectivity index is 0.000000227. The van der Waals surface area contributed by atoms with Crippen molar-refractivity contribution in [1.82, 2.24) is 4.98 Å². The average molecular weight is 560 g/mol. The zero-order chi connectivity index (χ0) is 29.9. The lowest BCUT2D eigenvalue weighted by atomic mass is 9.99. The number of aromatic nitrogens is 1. The van der Waals surface area contributed by atoms with Crippen LogP contribution in [0.15, 0.2) is 126 Å². The van der Waals surface area contributed by atoms with Crippen molar-refractivity contribution >= 4 is 5.78 Å². The summed E-state index contributed by atoms with van der Waals surface area (Å²) in [6.45, 7) is 9.96. The topological polar surface area (TPSA) is 72.6 Å². The Labute approximate surface area is 248 Å². The van der Waals surface area contributed by atoms with Crippen LogP contribution >= 0.6 is 0 Å². The Bertz CT molecular complexity index is 1590. The molecule has 1 heterocycles. The maximum atomic E-state index is 12.1. The second-order valence-electron chi connectivity index (χ2n) is 10.2. The van der Waals surface area contributed by atoms with Gasteiger partial charge in [-0.25, -0.2) is 4.98 Å². The molecule has 0 spiro atoms. The van der Waals surface area contributed by atoms with Gasteiger partial charge < -0.3 is 14.3 Å². The molecule has 0 amide bonds. The number of carbonyl (C=O) groups excluding carboxylic acids is 1. The fourth-order valence-electron chi connectivity index (χ4n) is 4.40. The lowest BCUT2D eigenvalue weighted by Gasteiger charge is -2.10. The molecule has 0 fully saturated rings. The Morgan fingerprint density at radius 2 is 1.50 bits per heavy atom. The Kier molecular flexibility index (Phi) is 10.5. The Morgan fingerprint density at radius 1 is 0.881 bits per heavy atom. The molecule has 1 aromatic heterocycles. The highest BCUT2D eigenvalue weighted by atomic mass is 16.5. The summed E-state index contributed by atoms with van der Waals surface area (Å²) < 4.78 is 11.6. The van der Waals surface area contributed by atoms with Crippen molar-refractivity contribution in [2.24, 2.45) is 5.92 Å². The molecule has 0 aliphatic rings. The zero-order valence-electron chi connectivity index (χ0n) is 24.4. The van der Waals surface area contributed by atoms with E-state index in [1.807, 2.05) is 130 Å². The number of allylic oxidation sites excluding steroid dienone is 1. The third-order valence-corrected chi connectivity index (χ3v) is 6.98. The average Bonchev–Trinajstić information content (AvgIpc) is 3.39. The highest BCUT2D eigenvalue weighted by molar-refractivity contribution is 6.09. The van der Waals surface area contributed by atoms with E-state index >= 15 is 0 Å². The van der Waals surface area contributed by atoms with E-state index in [1.165, 1.54) is 0 Å². The number of nitrogens with zero attached hydrogens (tertiary/aromatic N) is 1. The molecule has 0 radical (unpaired) electrons. The van der Waals surface area contributed by atoms with E-state index < -0.39 is 0 Å². The molecule has 0 saturated heterocycles. The molecule has 1 unspecified atom stereocenters. The lowest BCUT2D eigenvalue weighted by Crippen LogP contribution is -2.04. The predicted octanol–water partition coefficient (Wildman–Crippen LogP) is 8.75. The van der Waals surface area contributed by atoms with Gasteiger partial charge in [-0.3, -0.25) is 4.79 Å². The molecule has 5 rings (SSSR count). The number of ketones is 1. The van der Waals surface area contributed by atoms with Crippen LogP contribution in [0.4, 0.5) is 0 Å². The van der Waals surface area contributed by atoms with E-state index in [0.717, 1.165) is 51.4 Å². The van der Waals surface area contributed by atoms with Crippen LogP contribution in [0.2, 0.25) is 0 Å². The van der Waals surface area contributed by atoms with Crippen molar-refractivity contribution in [3.05, 3.63) is 155 Å². The van der Waals surface area contributed by atoms with Gasteiger partial charge in [-0.05, 0) is 55.7 Å². The summed E-state index contributed by atoms with van der Waals surface area (Å²) >= 11 is 0. The van der Waals surface area contributed by atoms with E-state index in [1.54, 1.807) is 0 Å². The molecule has 1 N–H and O–H groups in total. The number of benzene rings is 4. The smallest absolute Gasteiger partial charge is 0.226 e. The van der Waals surface area contributed by atoms with E-state index in [9.17, 15) is 9.90 Å². The number of ether oxygens (including phenoxy) is 1. The largest absolute Gasteiger partial charge is 0.513 e. The molecule has 42 heavy (non-hydrogen) atoms. The number of aliphatic hydroxyl groups excluding tert-OH is 1. The Morgan fingerprint density at radius 3 is 2.14 bits per heavy atom. The second-order valence-corrected chi connectivity index (χ2v) is 10.2. The number of carbonyl (C=O) groups is 1. The van der Waals surface area contributed by atoms with Crippen LogP contribution in [-0.4, -0.2) is 22.5 Å². The number of oxazole rings is 1. The van der Waals surface area contributed by atoms with Crippen LogP contribution in [0, 0.1) is 19.8 Å². The minimum absolute atomic E-state index is 0.0470. The first-order chi connectivity index (χ1) is 20.3. The third-order valence-electron chi connectivity index (χ3n) is 6.98. The fourth-order valence-corrected chi connectivity index (χ4v) is 4.40. The van der Waals surface area contributed by atoms with E-state index in [0.29, 0.717) is 18.9 Å². The number of aliphatic hydroxyl groups is 1.